The maximum Gasteiger partial charge on any atom is 0.308 e. The first-order valence-corrected chi connectivity index (χ1v) is 9.62. The maximum atomic E-state index is 12.3. The molecule has 0 aliphatic carbocycles. The van der Waals surface area contributed by atoms with Crippen molar-refractivity contribution in [1.29, 1.82) is 0 Å². The van der Waals surface area contributed by atoms with Crippen LogP contribution >= 0.6 is 12.6 Å². The maximum absolute atomic E-state index is 12.3. The summed E-state index contributed by atoms with van der Waals surface area (Å²) in [5.74, 6) is -0.656. The fraction of sp³-hybridized carbons (Fsp3) is 0.0870. The molecule has 3 aromatic carbocycles. The quantitative estimate of drug-likeness (QED) is 0.319. The van der Waals surface area contributed by atoms with Gasteiger partial charge in [0.15, 0.2) is 0 Å². The van der Waals surface area contributed by atoms with E-state index < -0.39 is 5.97 Å². The number of thiol groups is 1. The number of carbonyl (C=O) groups excluding carboxylic acids is 3. The summed E-state index contributed by atoms with van der Waals surface area (Å²) in [6.45, 7) is 1.61. The lowest BCUT2D eigenvalue weighted by atomic mass is 10.1. The monoisotopic (exact) mass is 420 g/mol. The summed E-state index contributed by atoms with van der Waals surface area (Å²) in [6, 6.07) is 20.6. The molecule has 0 fully saturated rings. The van der Waals surface area contributed by atoms with Crippen LogP contribution < -0.4 is 15.4 Å². The highest BCUT2D eigenvalue weighted by atomic mass is 32.1. The Labute approximate surface area is 179 Å². The highest BCUT2D eigenvalue weighted by molar-refractivity contribution is 7.80. The molecule has 0 bridgehead atoms. The Morgan fingerprint density at radius 3 is 2.33 bits per heavy atom. The summed E-state index contributed by atoms with van der Waals surface area (Å²) >= 11 is 4.29. The molecule has 0 radical (unpaired) electrons. The minimum Gasteiger partial charge on any atom is -0.427 e. The van der Waals surface area contributed by atoms with Gasteiger partial charge in [-0.25, -0.2) is 0 Å². The Hall–Kier alpha value is -3.58. The smallest absolute Gasteiger partial charge is 0.308 e. The van der Waals surface area contributed by atoms with Crippen molar-refractivity contribution in [1.82, 2.24) is 5.32 Å². The van der Waals surface area contributed by atoms with Crippen LogP contribution in [-0.2, 0) is 11.3 Å². The third kappa shape index (κ3) is 5.71. The van der Waals surface area contributed by atoms with Gasteiger partial charge < -0.3 is 15.4 Å². The summed E-state index contributed by atoms with van der Waals surface area (Å²) in [5, 5.41) is 5.63. The number of carbonyl (C=O) groups is 3. The predicted molar refractivity (Wildman–Crippen MR) is 117 cm³/mol. The number of ether oxygens (including phenoxy) is 1. The van der Waals surface area contributed by atoms with Crippen LogP contribution in [0.15, 0.2) is 77.7 Å². The van der Waals surface area contributed by atoms with Gasteiger partial charge in [-0.3, -0.25) is 14.4 Å². The molecule has 0 saturated heterocycles. The minimum absolute atomic E-state index is 0.241. The molecule has 2 N–H and O–H groups in total. The van der Waals surface area contributed by atoms with E-state index in [-0.39, 0.29) is 11.8 Å². The molecule has 6 nitrogen and oxygen atoms in total. The molecule has 0 spiro atoms. The Morgan fingerprint density at radius 2 is 1.63 bits per heavy atom. The van der Waals surface area contributed by atoms with E-state index in [4.69, 9.17) is 4.74 Å². The van der Waals surface area contributed by atoms with Crippen molar-refractivity contribution in [2.75, 3.05) is 5.32 Å². The van der Waals surface area contributed by atoms with Crippen molar-refractivity contribution in [3.05, 3.63) is 89.5 Å². The van der Waals surface area contributed by atoms with Gasteiger partial charge in [0, 0.05) is 29.6 Å². The number of rotatable bonds is 6. The summed E-state index contributed by atoms with van der Waals surface area (Å²) in [7, 11) is 0. The Morgan fingerprint density at radius 1 is 0.900 bits per heavy atom. The van der Waals surface area contributed by atoms with E-state index in [0.717, 1.165) is 5.56 Å². The van der Waals surface area contributed by atoms with E-state index in [1.54, 1.807) is 48.5 Å². The molecule has 0 aromatic heterocycles. The van der Waals surface area contributed by atoms with Gasteiger partial charge >= 0.3 is 5.97 Å². The summed E-state index contributed by atoms with van der Waals surface area (Å²) in [6.07, 6.45) is 0. The number of anilines is 1. The normalized spacial score (nSPS) is 10.2. The molecule has 0 aliphatic heterocycles. The number of nitrogens with one attached hydrogen (secondary N) is 2. The average Bonchev–Trinajstić information content (AvgIpc) is 2.73. The SMILES string of the molecule is CC(=O)Oc1cccc(C(=O)NCc2ccc(NC(=O)c3ccccc3S)cc2)c1. The van der Waals surface area contributed by atoms with Gasteiger partial charge in [0.1, 0.15) is 5.75 Å². The lowest BCUT2D eigenvalue weighted by Gasteiger charge is -2.09. The summed E-state index contributed by atoms with van der Waals surface area (Å²) in [4.78, 5) is 36.3. The van der Waals surface area contributed by atoms with Crippen molar-refractivity contribution >= 4 is 36.1 Å². The van der Waals surface area contributed by atoms with Gasteiger partial charge in [-0.1, -0.05) is 30.3 Å². The van der Waals surface area contributed by atoms with Crippen molar-refractivity contribution in [3.8, 4) is 5.75 Å². The van der Waals surface area contributed by atoms with Gasteiger partial charge in [0.25, 0.3) is 11.8 Å². The third-order valence-corrected chi connectivity index (χ3v) is 4.56. The van der Waals surface area contributed by atoms with Crippen LogP contribution in [0.5, 0.6) is 5.75 Å². The lowest BCUT2D eigenvalue weighted by Crippen LogP contribution is -2.22. The van der Waals surface area contributed by atoms with Crippen LogP contribution in [-0.4, -0.2) is 17.8 Å². The second-order valence-corrected chi connectivity index (χ2v) is 6.95. The fourth-order valence-electron chi connectivity index (χ4n) is 2.72. The highest BCUT2D eigenvalue weighted by Crippen LogP contribution is 2.17. The topological polar surface area (TPSA) is 84.5 Å². The first kappa shape index (κ1) is 21.1. The zero-order valence-electron chi connectivity index (χ0n) is 16.2. The Bertz CT molecular complexity index is 1080. The molecule has 0 aliphatic rings. The van der Waals surface area contributed by atoms with Gasteiger partial charge in [0.05, 0.1) is 5.56 Å². The number of hydrogen-bond donors (Lipinski definition) is 3. The second-order valence-electron chi connectivity index (χ2n) is 6.47. The van der Waals surface area contributed by atoms with Crippen LogP contribution in [0.3, 0.4) is 0 Å². The van der Waals surface area contributed by atoms with Crippen molar-refractivity contribution in [2.45, 2.75) is 18.4 Å². The third-order valence-electron chi connectivity index (χ3n) is 4.17. The number of esters is 1. The number of amides is 2. The molecular weight excluding hydrogens is 400 g/mol. The molecule has 2 amide bonds. The molecular formula is C23H20N2O4S. The summed E-state index contributed by atoms with van der Waals surface area (Å²) in [5.41, 5.74) is 2.39. The molecule has 0 atom stereocenters. The highest BCUT2D eigenvalue weighted by Gasteiger charge is 2.10. The van der Waals surface area contributed by atoms with E-state index in [2.05, 4.69) is 23.3 Å². The standard InChI is InChI=1S/C23H20N2O4S/c1-15(26)29-19-6-4-5-17(13-19)22(27)24-14-16-9-11-18(12-10-16)25-23(28)20-7-2-3-8-21(20)30/h2-13,30H,14H2,1H3,(H,24,27)(H,25,28). The van der Waals surface area contributed by atoms with Gasteiger partial charge in [-0.15, -0.1) is 12.6 Å². The van der Waals surface area contributed by atoms with E-state index in [0.29, 0.717) is 34.0 Å². The molecule has 3 rings (SSSR count). The van der Waals surface area contributed by atoms with E-state index >= 15 is 0 Å². The molecule has 152 valence electrons. The van der Waals surface area contributed by atoms with Gasteiger partial charge in [-0.05, 0) is 48.0 Å². The van der Waals surface area contributed by atoms with Crippen LogP contribution in [0.25, 0.3) is 0 Å². The predicted octanol–water partition coefficient (Wildman–Crippen LogP) is 4.08. The van der Waals surface area contributed by atoms with Crippen molar-refractivity contribution < 1.29 is 19.1 Å². The lowest BCUT2D eigenvalue weighted by molar-refractivity contribution is -0.131. The van der Waals surface area contributed by atoms with E-state index in [1.165, 1.54) is 13.0 Å². The second kappa shape index (κ2) is 9.76. The molecule has 0 saturated carbocycles. The average molecular weight is 420 g/mol. The van der Waals surface area contributed by atoms with E-state index in [9.17, 15) is 14.4 Å². The van der Waals surface area contributed by atoms with Crippen molar-refractivity contribution in [3.63, 3.8) is 0 Å². The first-order chi connectivity index (χ1) is 14.4. The van der Waals surface area contributed by atoms with E-state index in [1.807, 2.05) is 18.2 Å². The largest absolute Gasteiger partial charge is 0.427 e. The van der Waals surface area contributed by atoms with Crippen LogP contribution in [0.1, 0.15) is 33.2 Å². The molecule has 30 heavy (non-hydrogen) atoms. The van der Waals surface area contributed by atoms with Crippen LogP contribution in [0.4, 0.5) is 5.69 Å². The van der Waals surface area contributed by atoms with Gasteiger partial charge in [0.2, 0.25) is 0 Å². The Kier molecular flexibility index (Phi) is 6.87. The first-order valence-electron chi connectivity index (χ1n) is 9.17. The van der Waals surface area contributed by atoms with Crippen LogP contribution in [0, 0.1) is 0 Å². The van der Waals surface area contributed by atoms with Gasteiger partial charge in [-0.2, -0.15) is 0 Å². The zero-order valence-corrected chi connectivity index (χ0v) is 17.1. The number of benzene rings is 3. The fourth-order valence-corrected chi connectivity index (χ4v) is 2.98. The molecule has 0 unspecified atom stereocenters. The molecule has 7 heteroatoms. The molecule has 0 heterocycles. The Balaban J connectivity index is 1.57. The van der Waals surface area contributed by atoms with Crippen molar-refractivity contribution in [2.24, 2.45) is 0 Å². The zero-order chi connectivity index (χ0) is 21.5. The number of hydrogen-bond acceptors (Lipinski definition) is 5. The van der Waals surface area contributed by atoms with Crippen LogP contribution in [0.2, 0.25) is 0 Å². The molecule has 3 aromatic rings. The minimum atomic E-state index is -0.447. The summed E-state index contributed by atoms with van der Waals surface area (Å²) < 4.78 is 4.99.